The van der Waals surface area contributed by atoms with Gasteiger partial charge in [-0.3, -0.25) is 4.79 Å². The van der Waals surface area contributed by atoms with Gasteiger partial charge in [-0.15, -0.1) is 0 Å². The van der Waals surface area contributed by atoms with Crippen molar-refractivity contribution in [3.63, 3.8) is 0 Å². The molecular weight excluding hydrogens is 231 g/mol. The van der Waals surface area contributed by atoms with Crippen molar-refractivity contribution in [3.8, 4) is 0 Å². The van der Waals surface area contributed by atoms with Gasteiger partial charge in [-0.2, -0.15) is 0 Å². The molecular formula is C11H12ClFN2O. The molecule has 2 rings (SSSR count). The van der Waals surface area contributed by atoms with Gasteiger partial charge in [-0.25, -0.2) is 4.39 Å². The highest BCUT2D eigenvalue weighted by atomic mass is 35.5. The van der Waals surface area contributed by atoms with Crippen molar-refractivity contribution in [3.05, 3.63) is 34.6 Å². The summed E-state index contributed by atoms with van der Waals surface area (Å²) in [5.74, 6) is -0.507. The number of halogens is 2. The van der Waals surface area contributed by atoms with Crippen LogP contribution in [0.2, 0.25) is 5.02 Å². The number of carbonyl (C=O) groups is 1. The molecule has 2 atom stereocenters. The summed E-state index contributed by atoms with van der Waals surface area (Å²) in [5.41, 5.74) is 6.55. The smallest absolute Gasteiger partial charge is 0.224 e. The summed E-state index contributed by atoms with van der Waals surface area (Å²) in [7, 11) is 1.67. The van der Waals surface area contributed by atoms with Crippen molar-refractivity contribution in [1.82, 2.24) is 4.90 Å². The van der Waals surface area contributed by atoms with E-state index in [0.717, 1.165) is 0 Å². The molecule has 2 N–H and O–H groups in total. The number of likely N-dealkylation sites (tertiary alicyclic amines) is 1. The van der Waals surface area contributed by atoms with Crippen LogP contribution < -0.4 is 5.73 Å². The maximum Gasteiger partial charge on any atom is 0.224 e. The third-order valence-electron chi connectivity index (χ3n) is 2.91. The molecule has 86 valence electrons. The van der Waals surface area contributed by atoms with Crippen LogP contribution in [-0.2, 0) is 4.79 Å². The summed E-state index contributed by atoms with van der Waals surface area (Å²) >= 11 is 5.60. The highest BCUT2D eigenvalue weighted by Crippen LogP contribution is 2.31. The van der Waals surface area contributed by atoms with E-state index < -0.39 is 5.82 Å². The Bertz CT molecular complexity index is 438. The summed E-state index contributed by atoms with van der Waals surface area (Å²) in [5, 5.41) is 0.0734. The van der Waals surface area contributed by atoms with Gasteiger partial charge in [0.1, 0.15) is 5.82 Å². The lowest BCUT2D eigenvalue weighted by Gasteiger charge is -2.23. The van der Waals surface area contributed by atoms with Crippen molar-refractivity contribution in [2.75, 3.05) is 7.05 Å². The number of benzene rings is 1. The van der Waals surface area contributed by atoms with Crippen LogP contribution in [0, 0.1) is 5.82 Å². The molecule has 16 heavy (non-hydrogen) atoms. The average molecular weight is 243 g/mol. The number of rotatable bonds is 1. The number of hydrogen-bond acceptors (Lipinski definition) is 2. The molecule has 1 fully saturated rings. The first kappa shape index (κ1) is 11.4. The normalized spacial score (nSPS) is 25.2. The summed E-state index contributed by atoms with van der Waals surface area (Å²) in [6, 6.07) is 3.96. The first-order valence-electron chi connectivity index (χ1n) is 4.97. The molecule has 1 aliphatic rings. The maximum atomic E-state index is 13.3. The van der Waals surface area contributed by atoms with Crippen molar-refractivity contribution >= 4 is 17.5 Å². The quantitative estimate of drug-likeness (QED) is 0.815. The molecule has 0 radical (unpaired) electrons. The zero-order valence-electron chi connectivity index (χ0n) is 8.78. The number of amides is 1. The second-order valence-electron chi connectivity index (χ2n) is 3.99. The van der Waals surface area contributed by atoms with E-state index in [9.17, 15) is 9.18 Å². The van der Waals surface area contributed by atoms with Crippen LogP contribution >= 0.6 is 11.6 Å². The van der Waals surface area contributed by atoms with E-state index in [2.05, 4.69) is 0 Å². The average Bonchev–Trinajstić information content (AvgIpc) is 2.47. The summed E-state index contributed by atoms with van der Waals surface area (Å²) in [6.07, 6.45) is 0.297. The molecule has 1 aliphatic heterocycles. The molecule has 1 heterocycles. The molecule has 1 saturated heterocycles. The van der Waals surface area contributed by atoms with E-state index in [0.29, 0.717) is 12.0 Å². The summed E-state index contributed by atoms with van der Waals surface area (Å²) in [4.78, 5) is 13.0. The van der Waals surface area contributed by atoms with Gasteiger partial charge in [0.25, 0.3) is 0 Å². The minimum atomic E-state index is -0.487. The van der Waals surface area contributed by atoms with Crippen molar-refractivity contribution < 1.29 is 9.18 Å². The molecule has 0 aliphatic carbocycles. The summed E-state index contributed by atoms with van der Waals surface area (Å²) in [6.45, 7) is 0. The molecule has 0 bridgehead atoms. The first-order valence-corrected chi connectivity index (χ1v) is 5.34. The van der Waals surface area contributed by atoms with E-state index in [4.69, 9.17) is 17.3 Å². The van der Waals surface area contributed by atoms with Gasteiger partial charge in [0, 0.05) is 19.5 Å². The third-order valence-corrected chi connectivity index (χ3v) is 3.22. The second-order valence-corrected chi connectivity index (χ2v) is 4.40. The highest BCUT2D eigenvalue weighted by molar-refractivity contribution is 6.30. The number of hydrogen-bond donors (Lipinski definition) is 1. The van der Waals surface area contributed by atoms with Crippen molar-refractivity contribution in [1.29, 1.82) is 0 Å². The molecule has 0 aromatic heterocycles. The van der Waals surface area contributed by atoms with Crippen LogP contribution in [-0.4, -0.2) is 23.9 Å². The lowest BCUT2D eigenvalue weighted by Crippen LogP contribution is -2.30. The van der Waals surface area contributed by atoms with Crippen LogP contribution in [0.1, 0.15) is 18.0 Å². The Balaban J connectivity index is 2.37. The van der Waals surface area contributed by atoms with Crippen LogP contribution in [0.15, 0.2) is 18.2 Å². The first-order chi connectivity index (χ1) is 7.50. The Hall–Kier alpha value is -1.13. The maximum absolute atomic E-state index is 13.3. The fourth-order valence-electron chi connectivity index (χ4n) is 2.07. The van der Waals surface area contributed by atoms with Crippen LogP contribution in [0.5, 0.6) is 0 Å². The largest absolute Gasteiger partial charge is 0.337 e. The monoisotopic (exact) mass is 242 g/mol. The van der Waals surface area contributed by atoms with Gasteiger partial charge in [0.05, 0.1) is 11.1 Å². The van der Waals surface area contributed by atoms with Gasteiger partial charge < -0.3 is 10.6 Å². The van der Waals surface area contributed by atoms with Crippen molar-refractivity contribution in [2.45, 2.75) is 18.5 Å². The number of carbonyl (C=O) groups excluding carboxylic acids is 1. The lowest BCUT2D eigenvalue weighted by atomic mass is 10.0. The SMILES string of the molecule is CN1C(=O)C[C@H](N)[C@H]1c1ccc(Cl)c(F)c1. The zero-order valence-corrected chi connectivity index (χ0v) is 9.54. The Morgan fingerprint density at radius 1 is 1.56 bits per heavy atom. The molecule has 1 amide bonds. The minimum Gasteiger partial charge on any atom is -0.337 e. The molecule has 0 unspecified atom stereocenters. The van der Waals surface area contributed by atoms with Crippen LogP contribution in [0.3, 0.4) is 0 Å². The Labute approximate surface area is 98.0 Å². The Kier molecular flexibility index (Phi) is 2.86. The predicted octanol–water partition coefficient (Wildman–Crippen LogP) is 1.71. The van der Waals surface area contributed by atoms with E-state index in [1.165, 1.54) is 12.1 Å². The lowest BCUT2D eigenvalue weighted by molar-refractivity contribution is -0.127. The molecule has 0 spiro atoms. The number of nitrogens with two attached hydrogens (primary N) is 1. The molecule has 3 nitrogen and oxygen atoms in total. The number of nitrogens with zero attached hydrogens (tertiary/aromatic N) is 1. The summed E-state index contributed by atoms with van der Waals surface area (Å²) < 4.78 is 13.3. The number of likely N-dealkylation sites (N-methyl/N-ethyl adjacent to an activating group) is 1. The van der Waals surface area contributed by atoms with E-state index in [-0.39, 0.29) is 23.0 Å². The van der Waals surface area contributed by atoms with Gasteiger partial charge in [-0.1, -0.05) is 17.7 Å². The zero-order chi connectivity index (χ0) is 11.9. The second kappa shape index (κ2) is 4.03. The standard InChI is InChI=1S/C11H12ClFN2O/c1-15-10(16)5-9(14)11(15)6-2-3-7(12)8(13)4-6/h2-4,9,11H,5,14H2,1H3/t9-,11+/m0/s1. The van der Waals surface area contributed by atoms with E-state index in [1.54, 1.807) is 18.0 Å². The predicted molar refractivity (Wildman–Crippen MR) is 59.5 cm³/mol. The molecule has 1 aromatic rings. The van der Waals surface area contributed by atoms with Crippen molar-refractivity contribution in [2.24, 2.45) is 5.73 Å². The Morgan fingerprint density at radius 2 is 2.25 bits per heavy atom. The van der Waals surface area contributed by atoms with Crippen LogP contribution in [0.4, 0.5) is 4.39 Å². The van der Waals surface area contributed by atoms with Gasteiger partial charge >= 0.3 is 0 Å². The van der Waals surface area contributed by atoms with E-state index >= 15 is 0 Å². The fourth-order valence-corrected chi connectivity index (χ4v) is 2.18. The fraction of sp³-hybridized carbons (Fsp3) is 0.364. The molecule has 1 aromatic carbocycles. The molecule has 0 saturated carbocycles. The topological polar surface area (TPSA) is 46.3 Å². The van der Waals surface area contributed by atoms with Gasteiger partial charge in [-0.05, 0) is 17.7 Å². The van der Waals surface area contributed by atoms with E-state index in [1.807, 2.05) is 0 Å². The molecule has 5 heteroatoms. The third kappa shape index (κ3) is 1.79. The minimum absolute atomic E-state index is 0.0205. The highest BCUT2D eigenvalue weighted by Gasteiger charge is 2.36. The van der Waals surface area contributed by atoms with Gasteiger partial charge in [0.2, 0.25) is 5.91 Å². The Morgan fingerprint density at radius 3 is 2.75 bits per heavy atom. The van der Waals surface area contributed by atoms with Gasteiger partial charge in [0.15, 0.2) is 0 Å². The van der Waals surface area contributed by atoms with Crippen LogP contribution in [0.25, 0.3) is 0 Å².